The zero-order valence-corrected chi connectivity index (χ0v) is 8.18. The van der Waals surface area contributed by atoms with Gasteiger partial charge in [-0.3, -0.25) is 4.79 Å². The molecule has 0 aliphatic rings. The molecule has 0 rings (SSSR count). The van der Waals surface area contributed by atoms with E-state index in [0.29, 0.717) is 19.3 Å². The van der Waals surface area contributed by atoms with E-state index in [4.69, 9.17) is 5.26 Å². The normalized spacial score (nSPS) is 14.8. The summed E-state index contributed by atoms with van der Waals surface area (Å²) in [6, 6.07) is 2.17. The fourth-order valence-corrected chi connectivity index (χ4v) is 1.48. The average Bonchev–Trinajstić information content (AvgIpc) is 2.13. The van der Waals surface area contributed by atoms with Gasteiger partial charge >= 0.3 is 0 Å². The maximum absolute atomic E-state index is 11.5. The molecule has 0 N–H and O–H groups in total. The SMILES string of the molecule is CCCC(C#N)(CC)C(=O)CC. The molecular weight excluding hydrogens is 150 g/mol. The Kier molecular flexibility index (Phi) is 4.58. The molecular formula is C10H17NO. The van der Waals surface area contributed by atoms with Gasteiger partial charge in [0.05, 0.1) is 6.07 Å². The van der Waals surface area contributed by atoms with Gasteiger partial charge in [-0.25, -0.2) is 0 Å². The molecule has 0 aromatic rings. The van der Waals surface area contributed by atoms with Gasteiger partial charge in [-0.2, -0.15) is 5.26 Å². The molecule has 0 aromatic heterocycles. The Morgan fingerprint density at radius 1 is 1.42 bits per heavy atom. The number of nitriles is 1. The minimum Gasteiger partial charge on any atom is -0.298 e. The summed E-state index contributed by atoms with van der Waals surface area (Å²) in [5.74, 6) is 0.0920. The summed E-state index contributed by atoms with van der Waals surface area (Å²) in [6.45, 7) is 5.73. The fraction of sp³-hybridized carbons (Fsp3) is 0.800. The first-order chi connectivity index (χ1) is 5.66. The highest BCUT2D eigenvalue weighted by molar-refractivity contribution is 5.87. The number of hydrogen-bond donors (Lipinski definition) is 0. The zero-order chi connectivity index (χ0) is 9.61. The molecule has 2 heteroatoms. The fourth-order valence-electron chi connectivity index (χ4n) is 1.48. The van der Waals surface area contributed by atoms with Crippen LogP contribution >= 0.6 is 0 Å². The van der Waals surface area contributed by atoms with Crippen LogP contribution in [0, 0.1) is 16.7 Å². The second-order valence-corrected chi connectivity index (χ2v) is 3.07. The lowest BCUT2D eigenvalue weighted by Gasteiger charge is -2.21. The van der Waals surface area contributed by atoms with E-state index >= 15 is 0 Å². The highest BCUT2D eigenvalue weighted by Gasteiger charge is 2.33. The maximum Gasteiger partial charge on any atom is 0.152 e. The number of carbonyl (C=O) groups is 1. The number of carbonyl (C=O) groups excluding carboxylic acids is 1. The minimum absolute atomic E-state index is 0.0920. The topological polar surface area (TPSA) is 40.9 Å². The van der Waals surface area contributed by atoms with Gasteiger partial charge in [0.25, 0.3) is 0 Å². The molecule has 0 saturated carbocycles. The first-order valence-electron chi connectivity index (χ1n) is 4.61. The van der Waals surface area contributed by atoms with Gasteiger partial charge in [-0.15, -0.1) is 0 Å². The van der Waals surface area contributed by atoms with Gasteiger partial charge in [0.2, 0.25) is 0 Å². The van der Waals surface area contributed by atoms with Crippen LogP contribution in [0.2, 0.25) is 0 Å². The second-order valence-electron chi connectivity index (χ2n) is 3.07. The highest BCUT2D eigenvalue weighted by Crippen LogP contribution is 2.29. The lowest BCUT2D eigenvalue weighted by molar-refractivity contribution is -0.126. The predicted molar refractivity (Wildman–Crippen MR) is 48.5 cm³/mol. The van der Waals surface area contributed by atoms with Crippen molar-refractivity contribution >= 4 is 5.78 Å². The van der Waals surface area contributed by atoms with Crippen LogP contribution in [-0.4, -0.2) is 5.78 Å². The van der Waals surface area contributed by atoms with Gasteiger partial charge in [0, 0.05) is 6.42 Å². The summed E-state index contributed by atoms with van der Waals surface area (Å²) in [6.07, 6.45) is 2.71. The Morgan fingerprint density at radius 3 is 2.25 bits per heavy atom. The van der Waals surface area contributed by atoms with Crippen LogP contribution < -0.4 is 0 Å². The standard InChI is InChI=1S/C10H17NO/c1-4-7-10(6-3,8-11)9(12)5-2/h4-7H2,1-3H3. The first kappa shape index (κ1) is 11.2. The van der Waals surface area contributed by atoms with Crippen molar-refractivity contribution in [1.29, 1.82) is 5.26 Å². The van der Waals surface area contributed by atoms with Gasteiger partial charge in [0.15, 0.2) is 5.78 Å². The van der Waals surface area contributed by atoms with Crippen molar-refractivity contribution in [2.75, 3.05) is 0 Å². The highest BCUT2D eigenvalue weighted by atomic mass is 16.1. The van der Waals surface area contributed by atoms with Crippen LogP contribution in [0.4, 0.5) is 0 Å². The summed E-state index contributed by atoms with van der Waals surface area (Å²) >= 11 is 0. The van der Waals surface area contributed by atoms with Crippen molar-refractivity contribution < 1.29 is 4.79 Å². The molecule has 2 nitrogen and oxygen atoms in total. The number of hydrogen-bond acceptors (Lipinski definition) is 2. The Morgan fingerprint density at radius 2 is 2.00 bits per heavy atom. The number of nitrogens with zero attached hydrogens (tertiary/aromatic N) is 1. The molecule has 0 aromatic carbocycles. The quantitative estimate of drug-likeness (QED) is 0.631. The molecule has 68 valence electrons. The van der Waals surface area contributed by atoms with Crippen LogP contribution in [0.15, 0.2) is 0 Å². The summed E-state index contributed by atoms with van der Waals surface area (Å²) in [5, 5.41) is 8.94. The van der Waals surface area contributed by atoms with Crippen LogP contribution in [0.5, 0.6) is 0 Å². The van der Waals surface area contributed by atoms with Gasteiger partial charge in [-0.1, -0.05) is 27.2 Å². The van der Waals surface area contributed by atoms with Gasteiger partial charge < -0.3 is 0 Å². The first-order valence-corrected chi connectivity index (χ1v) is 4.61. The largest absolute Gasteiger partial charge is 0.298 e. The van der Waals surface area contributed by atoms with Crippen molar-refractivity contribution in [3.05, 3.63) is 0 Å². The van der Waals surface area contributed by atoms with Gasteiger partial charge in [0.1, 0.15) is 5.41 Å². The minimum atomic E-state index is -0.691. The molecule has 0 bridgehead atoms. The van der Waals surface area contributed by atoms with Gasteiger partial charge in [-0.05, 0) is 12.8 Å². The maximum atomic E-state index is 11.5. The number of rotatable bonds is 5. The third-order valence-electron chi connectivity index (χ3n) is 2.35. The van der Waals surface area contributed by atoms with E-state index in [-0.39, 0.29) is 5.78 Å². The molecule has 0 heterocycles. The van der Waals surface area contributed by atoms with E-state index < -0.39 is 5.41 Å². The molecule has 1 unspecified atom stereocenters. The average molecular weight is 167 g/mol. The molecule has 0 amide bonds. The lowest BCUT2D eigenvalue weighted by Crippen LogP contribution is -2.28. The Hall–Kier alpha value is -0.840. The third-order valence-corrected chi connectivity index (χ3v) is 2.35. The van der Waals surface area contributed by atoms with Crippen molar-refractivity contribution in [3.63, 3.8) is 0 Å². The Bertz CT molecular complexity index is 193. The van der Waals surface area contributed by atoms with Crippen LogP contribution in [-0.2, 0) is 4.79 Å². The van der Waals surface area contributed by atoms with Crippen molar-refractivity contribution in [3.8, 4) is 6.07 Å². The van der Waals surface area contributed by atoms with E-state index in [2.05, 4.69) is 6.07 Å². The smallest absolute Gasteiger partial charge is 0.152 e. The molecule has 0 aliphatic carbocycles. The Labute approximate surface area is 74.6 Å². The summed E-state index contributed by atoms with van der Waals surface area (Å²) in [4.78, 5) is 11.5. The lowest BCUT2D eigenvalue weighted by atomic mass is 9.77. The van der Waals surface area contributed by atoms with Crippen LogP contribution in [0.1, 0.15) is 46.5 Å². The molecule has 12 heavy (non-hydrogen) atoms. The second kappa shape index (κ2) is 4.92. The van der Waals surface area contributed by atoms with Crippen molar-refractivity contribution in [2.45, 2.75) is 46.5 Å². The van der Waals surface area contributed by atoms with Crippen molar-refractivity contribution in [2.24, 2.45) is 5.41 Å². The summed E-state index contributed by atoms with van der Waals surface area (Å²) in [5.41, 5.74) is -0.691. The van der Waals surface area contributed by atoms with E-state index in [9.17, 15) is 4.79 Å². The molecule has 0 spiro atoms. The van der Waals surface area contributed by atoms with E-state index in [1.54, 1.807) is 0 Å². The number of Topliss-reactive ketones (excluding diaryl/α,β-unsaturated/α-hetero) is 1. The summed E-state index contributed by atoms with van der Waals surface area (Å²) in [7, 11) is 0. The molecule has 0 aliphatic heterocycles. The predicted octanol–water partition coefficient (Wildman–Crippen LogP) is 2.69. The molecule has 1 atom stereocenters. The monoisotopic (exact) mass is 167 g/mol. The van der Waals surface area contributed by atoms with E-state index in [1.165, 1.54) is 0 Å². The molecule has 0 saturated heterocycles. The molecule has 0 fully saturated rings. The van der Waals surface area contributed by atoms with Crippen molar-refractivity contribution in [1.82, 2.24) is 0 Å². The molecule has 0 radical (unpaired) electrons. The number of ketones is 1. The van der Waals surface area contributed by atoms with E-state index in [0.717, 1.165) is 6.42 Å². The summed E-state index contributed by atoms with van der Waals surface area (Å²) < 4.78 is 0. The third kappa shape index (κ3) is 2.07. The Balaban J connectivity index is 4.59. The van der Waals surface area contributed by atoms with Crippen LogP contribution in [0.25, 0.3) is 0 Å². The van der Waals surface area contributed by atoms with E-state index in [1.807, 2.05) is 20.8 Å². The zero-order valence-electron chi connectivity index (χ0n) is 8.18. The van der Waals surface area contributed by atoms with Crippen LogP contribution in [0.3, 0.4) is 0 Å².